The molecule has 0 aromatic heterocycles. The molecule has 0 fully saturated rings. The van der Waals surface area contributed by atoms with Crippen LogP contribution in [0.3, 0.4) is 0 Å². The maximum absolute atomic E-state index is 5.83. The molecule has 0 radical (unpaired) electrons. The summed E-state index contributed by atoms with van der Waals surface area (Å²) in [6.45, 7) is 2.15. The molecule has 0 amide bonds. The van der Waals surface area contributed by atoms with Gasteiger partial charge in [0.05, 0.1) is 0 Å². The SMILES string of the molecule is CC1=Cc2[c-]ccc(Br)c2C1.Clc1s[cH-]c2cccc1-2.[Cl-].[Cl-].[S]=[Zr+2]. The summed E-state index contributed by atoms with van der Waals surface area (Å²) in [5, 5.41) is 2.07. The van der Waals surface area contributed by atoms with Crippen molar-refractivity contribution in [2.75, 3.05) is 0 Å². The van der Waals surface area contributed by atoms with Crippen LogP contribution in [0, 0.1) is 6.07 Å². The molecule has 1 heterocycles. The number of thiophene rings is 1. The molecule has 24 heavy (non-hydrogen) atoms. The van der Waals surface area contributed by atoms with Crippen LogP contribution >= 0.6 is 47.7 Å². The number of benzene rings is 1. The third kappa shape index (κ3) is 6.16. The fourth-order valence-corrected chi connectivity index (χ4v) is 3.84. The van der Waals surface area contributed by atoms with Gasteiger partial charge >= 0.3 is 31.5 Å². The first kappa shape index (κ1) is 24.7. The molecular weight excluding hydrogens is 546 g/mol. The average molecular weight is 558 g/mol. The molecule has 0 N–H and O–H groups in total. The van der Waals surface area contributed by atoms with Crippen LogP contribution in [0.5, 0.6) is 0 Å². The third-order valence-corrected chi connectivity index (χ3v) is 5.29. The number of halogens is 4. The zero-order valence-corrected chi connectivity index (χ0v) is 20.5. The van der Waals surface area contributed by atoms with Crippen LogP contribution in [0.1, 0.15) is 18.1 Å². The molecule has 3 aliphatic rings. The molecule has 2 aliphatic carbocycles. The second-order valence-corrected chi connectivity index (χ2v) is 7.13. The van der Waals surface area contributed by atoms with E-state index in [4.69, 9.17) is 11.6 Å². The van der Waals surface area contributed by atoms with E-state index >= 15 is 0 Å². The first-order valence-corrected chi connectivity index (χ1v) is 12.0. The van der Waals surface area contributed by atoms with Crippen molar-refractivity contribution in [3.63, 3.8) is 0 Å². The summed E-state index contributed by atoms with van der Waals surface area (Å²) in [4.78, 5) is 0. The van der Waals surface area contributed by atoms with Crippen LogP contribution in [0.15, 0.2) is 45.8 Å². The topological polar surface area (TPSA) is 0 Å². The third-order valence-electron chi connectivity index (χ3n) is 3.28. The molecule has 4 rings (SSSR count). The number of rotatable bonds is 0. The van der Waals surface area contributed by atoms with Crippen LogP contribution in [0.2, 0.25) is 4.34 Å². The van der Waals surface area contributed by atoms with Gasteiger partial charge in [-0.15, -0.1) is 81.9 Å². The van der Waals surface area contributed by atoms with Crippen molar-refractivity contribution in [3.8, 4) is 11.1 Å². The van der Waals surface area contributed by atoms with Gasteiger partial charge in [-0.2, -0.15) is 0 Å². The molecule has 0 nitrogen and oxygen atoms in total. The van der Waals surface area contributed by atoms with E-state index in [2.05, 4.69) is 55.3 Å². The Bertz CT molecular complexity index is 767. The summed E-state index contributed by atoms with van der Waals surface area (Å²) in [6, 6.07) is 13.3. The predicted octanol–water partition coefficient (Wildman–Crippen LogP) is 1.09. The van der Waals surface area contributed by atoms with Crippen LogP contribution in [0.4, 0.5) is 0 Å². The minimum atomic E-state index is 0. The number of hydrogen-bond acceptors (Lipinski definition) is 2. The standard InChI is InChI=1S/C10H8Br.C7H4ClS.2ClH.S.Zr/c1-7-5-8-3-2-4-10(11)9(8)6-7;8-7-6-3-1-2-5(6)4-9-7;;;;/h2,4-5H,6H2,1H3;1-4H;2*1H;;/q2*-1;;;;+2/p-2. The number of hydrogen-bond donors (Lipinski definition) is 0. The quantitative estimate of drug-likeness (QED) is 0.373. The van der Waals surface area contributed by atoms with Crippen molar-refractivity contribution in [1.82, 2.24) is 0 Å². The molecule has 0 unspecified atom stereocenters. The Balaban J connectivity index is 0.000000376. The van der Waals surface area contributed by atoms with Gasteiger partial charge in [-0.05, 0) is 10.8 Å². The van der Waals surface area contributed by atoms with Gasteiger partial charge in [0.15, 0.2) is 0 Å². The van der Waals surface area contributed by atoms with E-state index in [9.17, 15) is 0 Å². The Kier molecular flexibility index (Phi) is 12.5. The summed E-state index contributed by atoms with van der Waals surface area (Å²) >= 11 is 12.1. The van der Waals surface area contributed by atoms with Crippen molar-refractivity contribution < 1.29 is 47.5 Å². The van der Waals surface area contributed by atoms with Crippen molar-refractivity contribution in [2.24, 2.45) is 0 Å². The Morgan fingerprint density at radius 1 is 1.29 bits per heavy atom. The molecule has 0 spiro atoms. The average Bonchev–Trinajstić information content (AvgIpc) is 3.20. The van der Waals surface area contributed by atoms with Gasteiger partial charge in [-0.25, -0.2) is 11.3 Å². The second kappa shape index (κ2) is 12.2. The van der Waals surface area contributed by atoms with E-state index in [0.717, 1.165) is 33.4 Å². The first-order valence-electron chi connectivity index (χ1n) is 6.50. The van der Waals surface area contributed by atoms with Crippen LogP contribution in [0.25, 0.3) is 17.2 Å². The van der Waals surface area contributed by atoms with Gasteiger partial charge in [0.1, 0.15) is 0 Å². The summed E-state index contributed by atoms with van der Waals surface area (Å²) < 4.78 is 2.11. The summed E-state index contributed by atoms with van der Waals surface area (Å²) in [6.07, 6.45) is 3.27. The normalized spacial score (nSPS) is 11.0. The molecule has 7 heteroatoms. The van der Waals surface area contributed by atoms with E-state index in [1.165, 1.54) is 32.3 Å². The number of fused-ring (bicyclic) bond motifs is 2. The molecule has 126 valence electrons. The van der Waals surface area contributed by atoms with Gasteiger partial charge in [0, 0.05) is 0 Å². The minimum absolute atomic E-state index is 0. The Labute approximate surface area is 191 Å². The molecule has 1 aromatic carbocycles. The van der Waals surface area contributed by atoms with E-state index in [1.807, 2.05) is 24.3 Å². The summed E-state index contributed by atoms with van der Waals surface area (Å²) in [5.41, 5.74) is 6.48. The van der Waals surface area contributed by atoms with Crippen molar-refractivity contribution in [2.45, 2.75) is 13.3 Å². The molecule has 1 aromatic rings. The fourth-order valence-electron chi connectivity index (χ4n) is 2.30. The van der Waals surface area contributed by atoms with E-state index in [-0.39, 0.29) is 24.8 Å². The second-order valence-electron chi connectivity index (χ2n) is 4.79. The monoisotopic (exact) mass is 554 g/mol. The van der Waals surface area contributed by atoms with Gasteiger partial charge in [0.2, 0.25) is 0 Å². The van der Waals surface area contributed by atoms with Crippen LogP contribution < -0.4 is 24.8 Å². The Morgan fingerprint density at radius 3 is 2.62 bits per heavy atom. The number of allylic oxidation sites excluding steroid dienone is 1. The maximum atomic E-state index is 5.83. The van der Waals surface area contributed by atoms with Crippen molar-refractivity contribution in [3.05, 3.63) is 67.3 Å². The van der Waals surface area contributed by atoms with Crippen molar-refractivity contribution in [1.29, 1.82) is 0 Å². The molecular formula is C17H12BrCl3S2Zr-2. The molecule has 0 saturated carbocycles. The Morgan fingerprint density at radius 2 is 2.00 bits per heavy atom. The van der Waals surface area contributed by atoms with Gasteiger partial charge < -0.3 is 24.8 Å². The van der Waals surface area contributed by atoms with E-state index in [1.54, 1.807) is 11.3 Å². The van der Waals surface area contributed by atoms with Gasteiger partial charge in [0.25, 0.3) is 0 Å². The zero-order valence-electron chi connectivity index (χ0n) is 12.6. The van der Waals surface area contributed by atoms with E-state index in [0.29, 0.717) is 0 Å². The zero-order chi connectivity index (χ0) is 16.1. The Hall–Kier alpha value is 0.723. The summed E-state index contributed by atoms with van der Waals surface area (Å²) in [5.74, 6) is 0. The molecule has 1 aliphatic heterocycles. The van der Waals surface area contributed by atoms with Gasteiger partial charge in [-0.1, -0.05) is 32.7 Å². The first-order chi connectivity index (χ1) is 10.6. The van der Waals surface area contributed by atoms with Crippen molar-refractivity contribution >= 4 is 53.8 Å². The van der Waals surface area contributed by atoms with E-state index < -0.39 is 0 Å². The molecule has 0 saturated heterocycles. The van der Waals surface area contributed by atoms with Crippen LogP contribution in [-0.4, -0.2) is 0 Å². The fraction of sp³-hybridized carbons (Fsp3) is 0.118. The predicted molar refractivity (Wildman–Crippen MR) is 99.5 cm³/mol. The van der Waals surface area contributed by atoms with Gasteiger partial charge in [-0.3, -0.25) is 0 Å². The van der Waals surface area contributed by atoms with Crippen LogP contribution in [-0.2, 0) is 29.1 Å². The molecule has 0 atom stereocenters. The molecule has 0 bridgehead atoms. The summed E-state index contributed by atoms with van der Waals surface area (Å²) in [7, 11) is 4.17.